The summed E-state index contributed by atoms with van der Waals surface area (Å²) < 4.78 is 12.0. The summed E-state index contributed by atoms with van der Waals surface area (Å²) in [6.07, 6.45) is 1.46. The Labute approximate surface area is 196 Å². The van der Waals surface area contributed by atoms with Gasteiger partial charge >= 0.3 is 0 Å². The predicted octanol–water partition coefficient (Wildman–Crippen LogP) is 5.10. The summed E-state index contributed by atoms with van der Waals surface area (Å²) in [5, 5.41) is 15.0. The van der Waals surface area contributed by atoms with Crippen molar-refractivity contribution >= 4 is 26.8 Å². The molecule has 0 saturated heterocycles. The number of H-pyrrole nitrogens is 1. The Morgan fingerprint density at radius 1 is 0.938 bits per heavy atom. The van der Waals surface area contributed by atoms with Gasteiger partial charge in [0, 0.05) is 40.6 Å². The third-order valence-electron chi connectivity index (χ3n) is 5.50. The lowest BCUT2D eigenvalue weighted by Crippen LogP contribution is -2.34. The van der Waals surface area contributed by atoms with Crippen LogP contribution in [0.5, 0.6) is 11.5 Å². The van der Waals surface area contributed by atoms with Gasteiger partial charge in [0.05, 0.1) is 7.11 Å². The van der Waals surface area contributed by atoms with Crippen LogP contribution < -0.4 is 14.8 Å². The number of para-hydroxylation sites is 1. The Kier molecular flexibility index (Phi) is 7.47. The molecule has 4 rings (SSSR count). The summed E-state index contributed by atoms with van der Waals surface area (Å²) in [6, 6.07) is 24.1. The van der Waals surface area contributed by atoms with Crippen molar-refractivity contribution in [2.24, 2.45) is 0 Å². The first kappa shape index (κ1) is 22.4. The fraction of sp³-hybridized carbons (Fsp3) is 0.231. The van der Waals surface area contributed by atoms with Crippen LogP contribution in [0.1, 0.15) is 17.0 Å². The molecular weight excluding hydrogens is 468 g/mol. The smallest absolute Gasteiger partial charge is 0.119 e. The number of fused-ring (bicyclic) bond motifs is 1. The van der Waals surface area contributed by atoms with Gasteiger partial charge < -0.3 is 24.9 Å². The number of methoxy groups -OCH3 is 1. The zero-order valence-electron chi connectivity index (χ0n) is 17.9. The van der Waals surface area contributed by atoms with E-state index in [0.29, 0.717) is 13.1 Å². The molecule has 0 radical (unpaired) electrons. The minimum absolute atomic E-state index is 0.122. The van der Waals surface area contributed by atoms with Crippen molar-refractivity contribution in [3.63, 3.8) is 0 Å². The van der Waals surface area contributed by atoms with E-state index in [1.54, 1.807) is 7.11 Å². The highest BCUT2D eigenvalue weighted by molar-refractivity contribution is 9.10. The van der Waals surface area contributed by atoms with Crippen molar-refractivity contribution in [1.29, 1.82) is 0 Å². The topological polar surface area (TPSA) is 66.5 Å². The van der Waals surface area contributed by atoms with Crippen LogP contribution in [0.2, 0.25) is 0 Å². The number of benzene rings is 3. The Bertz CT molecular complexity index is 1130. The first-order valence-corrected chi connectivity index (χ1v) is 11.4. The van der Waals surface area contributed by atoms with Crippen molar-refractivity contribution in [1.82, 2.24) is 10.3 Å². The van der Waals surface area contributed by atoms with Crippen molar-refractivity contribution in [2.45, 2.75) is 12.0 Å². The summed E-state index contributed by atoms with van der Waals surface area (Å²) in [6.45, 7) is 1.35. The molecule has 0 aliphatic heterocycles. The SMILES string of the molecule is COc1ccc(C(CNCC(O)COc2ccc(Br)cc2)c2c[nH]c3ccccc23)cc1. The molecule has 166 valence electrons. The molecule has 2 atom stereocenters. The zero-order valence-corrected chi connectivity index (χ0v) is 19.5. The molecular formula is C26H27BrN2O3. The molecule has 0 saturated carbocycles. The first-order valence-electron chi connectivity index (χ1n) is 10.6. The van der Waals surface area contributed by atoms with Crippen molar-refractivity contribution in [3.8, 4) is 11.5 Å². The number of hydrogen-bond acceptors (Lipinski definition) is 4. The second kappa shape index (κ2) is 10.7. The second-order valence-corrected chi connectivity index (χ2v) is 8.61. The number of aliphatic hydroxyl groups is 1. The van der Waals surface area contributed by atoms with Crippen molar-refractivity contribution in [2.75, 3.05) is 26.8 Å². The molecule has 1 aromatic heterocycles. The van der Waals surface area contributed by atoms with Crippen LogP contribution in [0.15, 0.2) is 83.5 Å². The second-order valence-electron chi connectivity index (χ2n) is 7.69. The van der Waals surface area contributed by atoms with Crippen molar-refractivity contribution in [3.05, 3.63) is 94.6 Å². The van der Waals surface area contributed by atoms with Crippen LogP contribution in [-0.2, 0) is 0 Å². The monoisotopic (exact) mass is 494 g/mol. The summed E-state index contributed by atoms with van der Waals surface area (Å²) >= 11 is 3.41. The predicted molar refractivity (Wildman–Crippen MR) is 132 cm³/mol. The van der Waals surface area contributed by atoms with E-state index in [4.69, 9.17) is 9.47 Å². The zero-order chi connectivity index (χ0) is 22.3. The molecule has 0 amide bonds. The van der Waals surface area contributed by atoms with Gasteiger partial charge in [-0.15, -0.1) is 0 Å². The normalized spacial score (nSPS) is 13.1. The average molecular weight is 495 g/mol. The molecule has 0 aliphatic rings. The minimum Gasteiger partial charge on any atom is -0.497 e. The van der Waals surface area contributed by atoms with Crippen LogP contribution in [-0.4, -0.2) is 43.0 Å². The molecule has 3 N–H and O–H groups in total. The average Bonchev–Trinajstić information content (AvgIpc) is 3.25. The molecule has 2 unspecified atom stereocenters. The van der Waals surface area contributed by atoms with E-state index in [1.165, 1.54) is 16.5 Å². The third kappa shape index (κ3) is 5.51. The summed E-state index contributed by atoms with van der Waals surface area (Å²) in [4.78, 5) is 3.38. The molecule has 0 spiro atoms. The Hall–Kier alpha value is -2.80. The summed E-state index contributed by atoms with van der Waals surface area (Å²) in [5.41, 5.74) is 3.52. The number of ether oxygens (including phenoxy) is 2. The van der Waals surface area contributed by atoms with Gasteiger partial charge in [-0.2, -0.15) is 0 Å². The van der Waals surface area contributed by atoms with Crippen LogP contribution in [0, 0.1) is 0 Å². The fourth-order valence-electron chi connectivity index (χ4n) is 3.80. The largest absolute Gasteiger partial charge is 0.497 e. The molecule has 0 fully saturated rings. The highest BCUT2D eigenvalue weighted by Gasteiger charge is 2.19. The maximum absolute atomic E-state index is 10.4. The van der Waals surface area contributed by atoms with Crippen LogP contribution >= 0.6 is 15.9 Å². The maximum atomic E-state index is 10.4. The van der Waals surface area contributed by atoms with Gasteiger partial charge in [-0.05, 0) is 53.6 Å². The standard InChI is InChI=1S/C26H27BrN2O3/c1-31-21-10-6-18(7-11-21)24(25-16-29-26-5-3-2-4-23(25)26)15-28-14-20(30)17-32-22-12-8-19(27)9-13-22/h2-13,16,20,24,28-30H,14-15,17H2,1H3. The van der Waals surface area contributed by atoms with E-state index in [0.717, 1.165) is 21.5 Å². The number of aromatic amines is 1. The lowest BCUT2D eigenvalue weighted by Gasteiger charge is -2.20. The number of rotatable bonds is 10. The van der Waals surface area contributed by atoms with E-state index >= 15 is 0 Å². The Morgan fingerprint density at radius 2 is 1.66 bits per heavy atom. The van der Waals surface area contributed by atoms with E-state index in [9.17, 15) is 5.11 Å². The molecule has 3 aromatic carbocycles. The number of aromatic nitrogens is 1. The van der Waals surface area contributed by atoms with Crippen LogP contribution in [0.25, 0.3) is 10.9 Å². The molecule has 0 aliphatic carbocycles. The van der Waals surface area contributed by atoms with Gasteiger partial charge in [0.25, 0.3) is 0 Å². The highest BCUT2D eigenvalue weighted by atomic mass is 79.9. The summed E-state index contributed by atoms with van der Waals surface area (Å²) in [5.74, 6) is 1.69. The van der Waals surface area contributed by atoms with E-state index in [2.05, 4.69) is 62.8 Å². The van der Waals surface area contributed by atoms with Gasteiger partial charge in [-0.25, -0.2) is 0 Å². The molecule has 0 bridgehead atoms. The molecule has 4 aromatic rings. The van der Waals surface area contributed by atoms with Gasteiger partial charge in [0.15, 0.2) is 0 Å². The van der Waals surface area contributed by atoms with E-state index in [1.807, 2.05) is 42.5 Å². The van der Waals surface area contributed by atoms with E-state index in [-0.39, 0.29) is 12.5 Å². The number of aliphatic hydroxyl groups excluding tert-OH is 1. The van der Waals surface area contributed by atoms with Crippen molar-refractivity contribution < 1.29 is 14.6 Å². The van der Waals surface area contributed by atoms with E-state index < -0.39 is 6.10 Å². The first-order chi connectivity index (χ1) is 15.6. The maximum Gasteiger partial charge on any atom is 0.119 e. The highest BCUT2D eigenvalue weighted by Crippen LogP contribution is 2.31. The van der Waals surface area contributed by atoms with Gasteiger partial charge in [0.1, 0.15) is 24.2 Å². The summed E-state index contributed by atoms with van der Waals surface area (Å²) in [7, 11) is 1.67. The number of hydrogen-bond donors (Lipinski definition) is 3. The lowest BCUT2D eigenvalue weighted by molar-refractivity contribution is 0.106. The van der Waals surface area contributed by atoms with Gasteiger partial charge in [-0.3, -0.25) is 0 Å². The van der Waals surface area contributed by atoms with Crippen LogP contribution in [0.4, 0.5) is 0 Å². The third-order valence-corrected chi connectivity index (χ3v) is 6.03. The Balaban J connectivity index is 1.42. The number of halogens is 1. The number of nitrogens with one attached hydrogen (secondary N) is 2. The Morgan fingerprint density at radius 3 is 2.41 bits per heavy atom. The minimum atomic E-state index is -0.613. The molecule has 1 heterocycles. The van der Waals surface area contributed by atoms with Crippen LogP contribution in [0.3, 0.4) is 0 Å². The molecule has 6 heteroatoms. The lowest BCUT2D eigenvalue weighted by atomic mass is 9.90. The quantitative estimate of drug-likeness (QED) is 0.287. The van der Waals surface area contributed by atoms with Gasteiger partial charge in [0.2, 0.25) is 0 Å². The fourth-order valence-corrected chi connectivity index (χ4v) is 4.07. The molecule has 32 heavy (non-hydrogen) atoms. The van der Waals surface area contributed by atoms with Gasteiger partial charge in [-0.1, -0.05) is 46.3 Å². The molecule has 5 nitrogen and oxygen atoms in total.